The lowest BCUT2D eigenvalue weighted by Crippen LogP contribution is -2.45. The molecule has 0 bridgehead atoms. The molecule has 6 nitrogen and oxygen atoms in total. The maximum atomic E-state index is 11.8. The van der Waals surface area contributed by atoms with Crippen LogP contribution in [0.4, 0.5) is 4.79 Å². The monoisotopic (exact) mass is 315 g/mol. The summed E-state index contributed by atoms with van der Waals surface area (Å²) in [5.41, 5.74) is 1.17. The van der Waals surface area contributed by atoms with Crippen molar-refractivity contribution < 1.29 is 24.5 Å². The number of alkyl carbamates (subject to hydrolysis) is 1. The molecule has 0 fully saturated rings. The molecule has 0 aliphatic carbocycles. The molecule has 0 aliphatic heterocycles. The van der Waals surface area contributed by atoms with Crippen molar-refractivity contribution in [1.29, 1.82) is 0 Å². The van der Waals surface area contributed by atoms with Crippen LogP contribution in [0.25, 0.3) is 0 Å². The fourth-order valence-corrected chi connectivity index (χ4v) is 2.01. The number of hydrogen-bond acceptors (Lipinski definition) is 4. The number of ether oxygens (including phenoxy) is 1. The Labute approximate surface area is 133 Å². The van der Waals surface area contributed by atoms with Gasteiger partial charge in [0.25, 0.3) is 0 Å². The zero-order valence-electron chi connectivity index (χ0n) is 12.3. The van der Waals surface area contributed by atoms with Crippen LogP contribution >= 0.6 is 0 Å². The lowest BCUT2D eigenvalue weighted by atomic mass is 10.0. The molecule has 120 valence electrons. The number of hydrogen-bond donors (Lipinski definition) is 3. The second-order valence-electron chi connectivity index (χ2n) is 4.88. The smallest absolute Gasteiger partial charge is 0.408 e. The van der Waals surface area contributed by atoms with Gasteiger partial charge in [0.2, 0.25) is 0 Å². The van der Waals surface area contributed by atoms with Crippen molar-refractivity contribution in [2.24, 2.45) is 0 Å². The van der Waals surface area contributed by atoms with Crippen LogP contribution in [-0.4, -0.2) is 28.3 Å². The van der Waals surface area contributed by atoms with Crippen molar-refractivity contribution in [3.63, 3.8) is 0 Å². The summed E-state index contributed by atoms with van der Waals surface area (Å²) >= 11 is 0. The number of carbonyl (C=O) groups is 2. The highest BCUT2D eigenvalue weighted by Gasteiger charge is 2.29. The highest BCUT2D eigenvalue weighted by atomic mass is 16.5. The molecule has 23 heavy (non-hydrogen) atoms. The van der Waals surface area contributed by atoms with Crippen LogP contribution in [0.5, 0.6) is 0 Å². The number of amides is 1. The minimum atomic E-state index is -1.50. The standard InChI is InChI=1S/C17H17NO5/c19-15(13-9-5-2-6-10-13)14(16(20)21)18-17(22)23-11-12-7-3-1-4-8-12/h1-10,14-15,19H,11H2,(H,18,22)(H,20,21)/t14-,15-/m1/s1. The molecule has 0 unspecified atom stereocenters. The summed E-state index contributed by atoms with van der Waals surface area (Å²) in [6.07, 6.45) is -2.28. The molecule has 2 atom stereocenters. The lowest BCUT2D eigenvalue weighted by Gasteiger charge is -2.20. The van der Waals surface area contributed by atoms with E-state index in [9.17, 15) is 19.8 Å². The van der Waals surface area contributed by atoms with E-state index in [-0.39, 0.29) is 6.61 Å². The first-order chi connectivity index (χ1) is 11.1. The average molecular weight is 315 g/mol. The zero-order valence-corrected chi connectivity index (χ0v) is 12.3. The maximum absolute atomic E-state index is 11.8. The number of carboxylic acids is 1. The van der Waals surface area contributed by atoms with E-state index in [1.165, 1.54) is 0 Å². The maximum Gasteiger partial charge on any atom is 0.408 e. The third-order valence-corrected chi connectivity index (χ3v) is 3.21. The Morgan fingerprint density at radius 1 is 1.00 bits per heavy atom. The van der Waals surface area contributed by atoms with Gasteiger partial charge >= 0.3 is 12.1 Å². The predicted octanol–water partition coefficient (Wildman–Crippen LogP) is 2.10. The highest BCUT2D eigenvalue weighted by molar-refractivity contribution is 5.80. The number of carbonyl (C=O) groups excluding carboxylic acids is 1. The Hall–Kier alpha value is -2.86. The van der Waals surface area contributed by atoms with E-state index in [0.717, 1.165) is 5.56 Å². The molecule has 6 heteroatoms. The van der Waals surface area contributed by atoms with Crippen LogP contribution in [0.3, 0.4) is 0 Å². The van der Waals surface area contributed by atoms with Gasteiger partial charge in [-0.15, -0.1) is 0 Å². The molecule has 2 aromatic rings. The number of aliphatic carboxylic acids is 1. The molecular weight excluding hydrogens is 298 g/mol. The minimum absolute atomic E-state index is 0.0143. The Morgan fingerprint density at radius 2 is 1.57 bits per heavy atom. The fourth-order valence-electron chi connectivity index (χ4n) is 2.01. The molecule has 2 aromatic carbocycles. The molecule has 2 rings (SSSR count). The van der Waals surface area contributed by atoms with Crippen molar-refractivity contribution >= 4 is 12.1 Å². The average Bonchev–Trinajstić information content (AvgIpc) is 2.58. The Balaban J connectivity index is 1.96. The van der Waals surface area contributed by atoms with Crippen LogP contribution in [0.1, 0.15) is 17.2 Å². The van der Waals surface area contributed by atoms with Gasteiger partial charge in [0.05, 0.1) is 0 Å². The van der Waals surface area contributed by atoms with E-state index in [2.05, 4.69) is 5.32 Å². The summed E-state index contributed by atoms with van der Waals surface area (Å²) < 4.78 is 4.97. The van der Waals surface area contributed by atoms with Crippen LogP contribution in [0.15, 0.2) is 60.7 Å². The van der Waals surface area contributed by atoms with Crippen molar-refractivity contribution in [3.05, 3.63) is 71.8 Å². The van der Waals surface area contributed by atoms with E-state index >= 15 is 0 Å². The number of aliphatic hydroxyl groups excluding tert-OH is 1. The van der Waals surface area contributed by atoms with Gasteiger partial charge in [-0.3, -0.25) is 0 Å². The van der Waals surface area contributed by atoms with Crippen molar-refractivity contribution in [1.82, 2.24) is 5.32 Å². The van der Waals surface area contributed by atoms with Gasteiger partial charge in [0, 0.05) is 0 Å². The third kappa shape index (κ3) is 4.82. The first-order valence-corrected chi connectivity index (χ1v) is 7.01. The molecular formula is C17H17NO5. The van der Waals surface area contributed by atoms with Crippen molar-refractivity contribution in [2.45, 2.75) is 18.8 Å². The largest absolute Gasteiger partial charge is 0.480 e. The lowest BCUT2D eigenvalue weighted by molar-refractivity contribution is -0.142. The fraction of sp³-hybridized carbons (Fsp3) is 0.176. The number of aliphatic hydroxyl groups is 1. The van der Waals surface area contributed by atoms with Crippen LogP contribution < -0.4 is 5.32 Å². The van der Waals surface area contributed by atoms with Gasteiger partial charge in [0.15, 0.2) is 6.04 Å². The van der Waals surface area contributed by atoms with E-state index in [1.807, 2.05) is 6.07 Å². The van der Waals surface area contributed by atoms with Gasteiger partial charge in [-0.05, 0) is 11.1 Å². The molecule has 0 aliphatic rings. The first-order valence-electron chi connectivity index (χ1n) is 7.01. The van der Waals surface area contributed by atoms with Crippen LogP contribution in [0, 0.1) is 0 Å². The molecule has 0 heterocycles. The molecule has 1 amide bonds. The summed E-state index contributed by atoms with van der Waals surface area (Å²) in [5, 5.41) is 21.5. The first kappa shape index (κ1) is 16.5. The predicted molar refractivity (Wildman–Crippen MR) is 82.6 cm³/mol. The van der Waals surface area contributed by atoms with E-state index < -0.39 is 24.2 Å². The number of benzene rings is 2. The normalized spacial score (nSPS) is 12.9. The van der Waals surface area contributed by atoms with Crippen LogP contribution in [0.2, 0.25) is 0 Å². The molecule has 0 spiro atoms. The summed E-state index contributed by atoms with van der Waals surface area (Å²) in [7, 11) is 0. The summed E-state index contributed by atoms with van der Waals surface area (Å²) in [4.78, 5) is 23.1. The van der Waals surface area contributed by atoms with Crippen LogP contribution in [-0.2, 0) is 16.1 Å². The SMILES string of the molecule is O=C(N[C@@H](C(=O)O)[C@H](O)c1ccccc1)OCc1ccccc1. The summed E-state index contributed by atoms with van der Waals surface area (Å²) in [5.74, 6) is -1.35. The number of carboxylic acid groups (broad SMARTS) is 1. The third-order valence-electron chi connectivity index (χ3n) is 3.21. The van der Waals surface area contributed by atoms with Crippen molar-refractivity contribution in [3.8, 4) is 0 Å². The quantitative estimate of drug-likeness (QED) is 0.758. The molecule has 0 aromatic heterocycles. The molecule has 0 saturated heterocycles. The summed E-state index contributed by atoms with van der Waals surface area (Å²) in [6, 6.07) is 15.7. The number of nitrogens with one attached hydrogen (secondary N) is 1. The minimum Gasteiger partial charge on any atom is -0.480 e. The van der Waals surface area contributed by atoms with Crippen molar-refractivity contribution in [2.75, 3.05) is 0 Å². The van der Waals surface area contributed by atoms with E-state index in [1.54, 1.807) is 54.6 Å². The Bertz CT molecular complexity index is 645. The number of rotatable bonds is 6. The Kier molecular flexibility index (Phi) is 5.71. The summed E-state index contributed by atoms with van der Waals surface area (Å²) in [6.45, 7) is 0.0143. The zero-order chi connectivity index (χ0) is 16.7. The van der Waals surface area contributed by atoms with E-state index in [4.69, 9.17) is 4.74 Å². The highest BCUT2D eigenvalue weighted by Crippen LogP contribution is 2.17. The molecule has 0 saturated carbocycles. The molecule has 0 radical (unpaired) electrons. The second-order valence-corrected chi connectivity index (χ2v) is 4.88. The van der Waals surface area contributed by atoms with Gasteiger partial charge in [-0.1, -0.05) is 60.7 Å². The van der Waals surface area contributed by atoms with Gasteiger partial charge in [-0.25, -0.2) is 9.59 Å². The van der Waals surface area contributed by atoms with Gasteiger partial charge < -0.3 is 20.3 Å². The van der Waals surface area contributed by atoms with E-state index in [0.29, 0.717) is 5.56 Å². The topological polar surface area (TPSA) is 95.9 Å². The Morgan fingerprint density at radius 3 is 2.13 bits per heavy atom. The van der Waals surface area contributed by atoms with Gasteiger partial charge in [0.1, 0.15) is 12.7 Å². The van der Waals surface area contributed by atoms with Gasteiger partial charge in [-0.2, -0.15) is 0 Å². The molecule has 3 N–H and O–H groups in total. The second kappa shape index (κ2) is 7.95.